The molecule has 0 saturated heterocycles. The fraction of sp³-hybridized carbons (Fsp3) is 0.0714. The van der Waals surface area contributed by atoms with Crippen molar-refractivity contribution in [1.82, 2.24) is 0 Å². The van der Waals surface area contributed by atoms with Crippen LogP contribution in [0.2, 0.25) is 0 Å². The zero-order chi connectivity index (χ0) is 38.5. The van der Waals surface area contributed by atoms with E-state index in [0.29, 0.717) is 0 Å². The van der Waals surface area contributed by atoms with Crippen LogP contribution in [0.15, 0.2) is 187 Å². The molecular weight excluding hydrogens is 689 g/mol. The van der Waals surface area contributed by atoms with Gasteiger partial charge in [-0.1, -0.05) is 164 Å². The lowest BCUT2D eigenvalue weighted by Crippen LogP contribution is -2.02. The molecule has 0 atom stereocenters. The first-order chi connectivity index (χ1) is 28.1. The number of allylic oxidation sites excluding steroid dienone is 2. The number of aryl methyl sites for hydroxylation is 1. The van der Waals surface area contributed by atoms with Crippen molar-refractivity contribution in [3.05, 3.63) is 199 Å². The molecule has 1 heterocycles. The van der Waals surface area contributed by atoms with Gasteiger partial charge in [0, 0.05) is 16.2 Å². The third-order valence-corrected chi connectivity index (χ3v) is 11.7. The number of para-hydroxylation sites is 1. The van der Waals surface area contributed by atoms with Crippen molar-refractivity contribution in [2.24, 2.45) is 0 Å². The van der Waals surface area contributed by atoms with Crippen molar-refractivity contribution in [1.29, 1.82) is 0 Å². The van der Waals surface area contributed by atoms with E-state index in [1.54, 1.807) is 6.08 Å². The number of furan rings is 1. The zero-order valence-electron chi connectivity index (χ0n) is 32.4. The van der Waals surface area contributed by atoms with Gasteiger partial charge in [-0.25, -0.2) is 0 Å². The number of hydrogen-bond donors (Lipinski definition) is 0. The minimum Gasteiger partial charge on any atom is -0.455 e. The summed E-state index contributed by atoms with van der Waals surface area (Å²) in [5, 5.41) is 9.86. The van der Waals surface area contributed by atoms with Crippen LogP contribution >= 0.6 is 0 Å². The molecule has 11 rings (SSSR count). The highest BCUT2D eigenvalue weighted by Gasteiger charge is 2.22. The number of hydrogen-bond acceptors (Lipinski definition) is 1. The topological polar surface area (TPSA) is 13.1 Å². The van der Waals surface area contributed by atoms with Gasteiger partial charge in [-0.3, -0.25) is 0 Å². The first kappa shape index (κ1) is 34.5. The van der Waals surface area contributed by atoms with E-state index < -0.39 is 0 Å². The molecule has 1 aliphatic rings. The molecule has 0 radical (unpaired) electrons. The van der Waals surface area contributed by atoms with Gasteiger partial charge in [-0.05, 0) is 133 Å². The van der Waals surface area contributed by atoms with Crippen molar-refractivity contribution >= 4 is 60.3 Å². The maximum Gasteiger partial charge on any atom is 0.143 e. The maximum atomic E-state index is 6.41. The van der Waals surface area contributed by atoms with E-state index in [1.165, 1.54) is 88.1 Å². The second kappa shape index (κ2) is 14.3. The Balaban J connectivity index is 0.00000128. The van der Waals surface area contributed by atoms with E-state index in [1.807, 2.05) is 13.0 Å². The lowest BCUT2D eigenvalue weighted by Gasteiger charge is -2.24. The van der Waals surface area contributed by atoms with Crippen molar-refractivity contribution in [3.63, 3.8) is 0 Å². The Kier molecular flexibility index (Phi) is 8.65. The molecule has 0 bridgehead atoms. The van der Waals surface area contributed by atoms with Crippen molar-refractivity contribution < 1.29 is 4.42 Å². The quantitative estimate of drug-likeness (QED) is 0.164. The number of rotatable bonds is 4. The predicted octanol–water partition coefficient (Wildman–Crippen LogP) is 16.2. The van der Waals surface area contributed by atoms with E-state index in [9.17, 15) is 0 Å². The molecule has 0 fully saturated rings. The maximum absolute atomic E-state index is 6.41. The molecular formula is C56H42O. The summed E-state index contributed by atoms with van der Waals surface area (Å²) in [5.41, 5.74) is 16.1. The van der Waals surface area contributed by atoms with Crippen LogP contribution in [0.5, 0.6) is 0 Å². The van der Waals surface area contributed by atoms with Crippen LogP contribution in [0.4, 0.5) is 0 Å². The Labute approximate surface area is 333 Å². The van der Waals surface area contributed by atoms with Crippen molar-refractivity contribution in [3.8, 4) is 44.5 Å². The molecule has 1 heteroatoms. The second-order valence-corrected chi connectivity index (χ2v) is 15.1. The Bertz CT molecular complexity index is 3190. The van der Waals surface area contributed by atoms with E-state index in [-0.39, 0.29) is 0 Å². The standard InChI is InChI=1S/C53H36O.C3H6/c1-33-11-10-12-35-25-30-39(31-47(33)35)34-21-26-37(27-22-34)51-42-15-3-5-17-44(42)52(45-18-6-4-16-43(45)51)38-28-23-36(24-29-38)48-32-49-41-14-8-9-20-50(41)54-53(49)46-19-7-2-13-40(46)48;1-3-2/h2-5,7-17,19-32H,6,18H2,1H3;3H,1H2,2H3. The molecule has 0 unspecified atom stereocenters. The molecule has 1 aliphatic carbocycles. The number of benzene rings is 9. The van der Waals surface area contributed by atoms with Crippen molar-refractivity contribution in [2.45, 2.75) is 26.7 Å². The lowest BCUT2D eigenvalue weighted by molar-refractivity contribution is 0.672. The minimum atomic E-state index is 0.926. The smallest absolute Gasteiger partial charge is 0.143 e. The number of fused-ring (bicyclic) bond motifs is 8. The van der Waals surface area contributed by atoms with Crippen LogP contribution in [-0.2, 0) is 6.42 Å². The summed E-state index contributed by atoms with van der Waals surface area (Å²) in [5.74, 6) is 0. The molecule has 272 valence electrons. The largest absolute Gasteiger partial charge is 0.455 e. The van der Waals surface area contributed by atoms with Crippen LogP contribution in [-0.4, -0.2) is 0 Å². The van der Waals surface area contributed by atoms with Crippen molar-refractivity contribution in [2.75, 3.05) is 0 Å². The van der Waals surface area contributed by atoms with Gasteiger partial charge in [0.15, 0.2) is 0 Å². The SMILES string of the molecule is C=CC.Cc1cccc2ccc(-c3ccc(-c4c5c(c(-c6ccc(-c7cc8c9ccccc9oc8c8ccccc78)cc6)c6ccccc46)CCC=C5)cc3)cc12. The van der Waals surface area contributed by atoms with Crippen LogP contribution in [0.1, 0.15) is 30.0 Å². The lowest BCUT2D eigenvalue weighted by atomic mass is 9.80. The molecule has 10 aromatic rings. The summed E-state index contributed by atoms with van der Waals surface area (Å²) in [6, 6.07) is 60.2. The highest BCUT2D eigenvalue weighted by Crippen LogP contribution is 2.46. The first-order valence-corrected chi connectivity index (χ1v) is 20.0. The molecule has 9 aromatic carbocycles. The predicted molar refractivity (Wildman–Crippen MR) is 246 cm³/mol. The average molecular weight is 731 g/mol. The molecule has 0 aliphatic heterocycles. The average Bonchev–Trinajstić information content (AvgIpc) is 3.65. The molecule has 1 nitrogen and oxygen atoms in total. The summed E-state index contributed by atoms with van der Waals surface area (Å²) >= 11 is 0. The zero-order valence-corrected chi connectivity index (χ0v) is 32.4. The van der Waals surface area contributed by atoms with Crippen LogP contribution in [0.3, 0.4) is 0 Å². The van der Waals surface area contributed by atoms with Gasteiger partial charge >= 0.3 is 0 Å². The Hall–Kier alpha value is -6.96. The summed E-state index contributed by atoms with van der Waals surface area (Å²) in [7, 11) is 0. The highest BCUT2D eigenvalue weighted by atomic mass is 16.3. The van der Waals surface area contributed by atoms with Gasteiger partial charge in [0.2, 0.25) is 0 Å². The highest BCUT2D eigenvalue weighted by molar-refractivity contribution is 6.19. The summed E-state index contributed by atoms with van der Waals surface area (Å²) < 4.78 is 6.41. The summed E-state index contributed by atoms with van der Waals surface area (Å²) in [6.07, 6.45) is 8.53. The second-order valence-electron chi connectivity index (χ2n) is 15.1. The monoisotopic (exact) mass is 730 g/mol. The Morgan fingerprint density at radius 3 is 1.86 bits per heavy atom. The van der Waals surface area contributed by atoms with E-state index in [0.717, 1.165) is 40.2 Å². The Morgan fingerprint density at radius 1 is 0.509 bits per heavy atom. The molecule has 0 amide bonds. The van der Waals surface area contributed by atoms with Gasteiger partial charge in [-0.15, -0.1) is 6.58 Å². The third-order valence-electron chi connectivity index (χ3n) is 11.7. The molecule has 0 saturated carbocycles. The van der Waals surface area contributed by atoms with E-state index >= 15 is 0 Å². The fourth-order valence-electron chi connectivity index (χ4n) is 9.07. The first-order valence-electron chi connectivity index (χ1n) is 20.0. The van der Waals surface area contributed by atoms with Crippen LogP contribution in [0.25, 0.3) is 105 Å². The fourth-order valence-corrected chi connectivity index (χ4v) is 9.07. The molecule has 57 heavy (non-hydrogen) atoms. The minimum absolute atomic E-state index is 0.926. The van der Waals surface area contributed by atoms with Gasteiger partial charge in [0.25, 0.3) is 0 Å². The van der Waals surface area contributed by atoms with E-state index in [2.05, 4.69) is 183 Å². The van der Waals surface area contributed by atoms with Gasteiger partial charge in [0.05, 0.1) is 0 Å². The van der Waals surface area contributed by atoms with Crippen LogP contribution in [0, 0.1) is 6.92 Å². The van der Waals surface area contributed by atoms with Crippen LogP contribution < -0.4 is 0 Å². The normalized spacial score (nSPS) is 12.2. The summed E-state index contributed by atoms with van der Waals surface area (Å²) in [4.78, 5) is 0. The molecule has 0 N–H and O–H groups in total. The Morgan fingerprint density at radius 2 is 1.11 bits per heavy atom. The van der Waals surface area contributed by atoms with E-state index in [4.69, 9.17) is 4.42 Å². The third kappa shape index (κ3) is 5.86. The molecule has 0 spiro atoms. The van der Waals surface area contributed by atoms with Gasteiger partial charge in [-0.2, -0.15) is 0 Å². The molecule has 1 aromatic heterocycles. The van der Waals surface area contributed by atoms with Gasteiger partial charge < -0.3 is 4.42 Å². The summed E-state index contributed by atoms with van der Waals surface area (Å²) in [6.45, 7) is 7.44. The van der Waals surface area contributed by atoms with Gasteiger partial charge in [0.1, 0.15) is 11.2 Å².